The van der Waals surface area contributed by atoms with Crippen LogP contribution >= 0.6 is 15.9 Å². The van der Waals surface area contributed by atoms with Crippen LogP contribution < -0.4 is 10.6 Å². The second-order valence-electron chi connectivity index (χ2n) is 3.89. The lowest BCUT2D eigenvalue weighted by Gasteiger charge is -2.14. The van der Waals surface area contributed by atoms with Crippen molar-refractivity contribution in [3.8, 4) is 0 Å². The number of ether oxygens (including phenoxy) is 1. The van der Waals surface area contributed by atoms with Crippen molar-refractivity contribution in [2.24, 2.45) is 0 Å². The van der Waals surface area contributed by atoms with Crippen LogP contribution in [0.15, 0.2) is 22.7 Å². The third kappa shape index (κ3) is 5.38. The van der Waals surface area contributed by atoms with Crippen molar-refractivity contribution in [2.45, 2.75) is 12.5 Å². The molecule has 0 radical (unpaired) electrons. The van der Waals surface area contributed by atoms with Gasteiger partial charge in [0.05, 0.1) is 19.2 Å². The third-order valence-corrected chi connectivity index (χ3v) is 3.07. The zero-order chi connectivity index (χ0) is 16.0. The number of amides is 2. The summed E-state index contributed by atoms with van der Waals surface area (Å²) in [4.78, 5) is 33.7. The van der Waals surface area contributed by atoms with Crippen LogP contribution in [0.3, 0.4) is 0 Å². The molecule has 1 aromatic carbocycles. The van der Waals surface area contributed by atoms with Gasteiger partial charge in [-0.15, -0.1) is 0 Å². The molecule has 9 heteroatoms. The Morgan fingerprint density at radius 3 is 2.67 bits per heavy atom. The second kappa shape index (κ2) is 7.58. The lowest BCUT2D eigenvalue weighted by Crippen LogP contribution is -2.44. The molecule has 114 valence electrons. The first-order valence-electron chi connectivity index (χ1n) is 5.65. The minimum atomic E-state index is -1.45. The van der Waals surface area contributed by atoms with Crippen LogP contribution in [0.5, 0.6) is 0 Å². The van der Waals surface area contributed by atoms with E-state index in [9.17, 15) is 18.8 Å². The Balaban J connectivity index is 2.72. The monoisotopic (exact) mass is 362 g/mol. The van der Waals surface area contributed by atoms with Crippen molar-refractivity contribution in [1.82, 2.24) is 5.32 Å². The summed E-state index contributed by atoms with van der Waals surface area (Å²) in [6.07, 6.45) is -0.524. The maximum Gasteiger partial charge on any atom is 0.326 e. The normalized spacial score (nSPS) is 11.4. The summed E-state index contributed by atoms with van der Waals surface area (Å²) in [6, 6.07) is 1.28. The first-order chi connectivity index (χ1) is 9.83. The average molecular weight is 363 g/mol. The predicted octanol–water partition coefficient (Wildman–Crippen LogP) is 1.73. The number of rotatable bonds is 5. The highest BCUT2D eigenvalue weighted by atomic mass is 79.9. The van der Waals surface area contributed by atoms with Crippen molar-refractivity contribution in [3.63, 3.8) is 0 Å². The number of benzene rings is 1. The fourth-order valence-electron chi connectivity index (χ4n) is 1.36. The zero-order valence-electron chi connectivity index (χ0n) is 10.9. The summed E-state index contributed by atoms with van der Waals surface area (Å²) in [5, 5.41) is 13.3. The van der Waals surface area contributed by atoms with Gasteiger partial charge in [0.1, 0.15) is 11.9 Å². The number of hydrogen-bond donors (Lipinski definition) is 3. The summed E-state index contributed by atoms with van der Waals surface area (Å²) in [7, 11) is 1.10. The number of carbonyl (C=O) groups excluding carboxylic acids is 2. The van der Waals surface area contributed by atoms with Gasteiger partial charge in [-0.2, -0.15) is 0 Å². The van der Waals surface area contributed by atoms with E-state index in [1.807, 2.05) is 0 Å². The number of methoxy groups -OCH3 is 1. The van der Waals surface area contributed by atoms with Crippen LogP contribution in [-0.4, -0.2) is 36.2 Å². The van der Waals surface area contributed by atoms with Crippen molar-refractivity contribution < 1.29 is 28.6 Å². The number of carbonyl (C=O) groups is 3. The van der Waals surface area contributed by atoms with Crippen LogP contribution in [0.4, 0.5) is 14.9 Å². The Labute approximate surface area is 127 Å². The van der Waals surface area contributed by atoms with E-state index in [4.69, 9.17) is 5.11 Å². The van der Waals surface area contributed by atoms with Gasteiger partial charge in [-0.05, 0) is 34.1 Å². The summed E-state index contributed by atoms with van der Waals surface area (Å²) in [5.74, 6) is -2.75. The van der Waals surface area contributed by atoms with Crippen LogP contribution in [0.25, 0.3) is 0 Å². The molecular weight excluding hydrogens is 351 g/mol. The van der Waals surface area contributed by atoms with Gasteiger partial charge in [-0.3, -0.25) is 4.79 Å². The number of urea groups is 1. The van der Waals surface area contributed by atoms with Gasteiger partial charge in [-0.25, -0.2) is 14.0 Å². The van der Waals surface area contributed by atoms with Crippen LogP contribution in [0.1, 0.15) is 6.42 Å². The van der Waals surface area contributed by atoms with Crippen LogP contribution in [0.2, 0.25) is 0 Å². The molecule has 0 aliphatic carbocycles. The van der Waals surface area contributed by atoms with E-state index >= 15 is 0 Å². The van der Waals surface area contributed by atoms with E-state index < -0.39 is 36.2 Å². The molecule has 0 aliphatic rings. The van der Waals surface area contributed by atoms with Gasteiger partial charge in [0, 0.05) is 4.47 Å². The molecule has 0 unspecified atom stereocenters. The van der Waals surface area contributed by atoms with E-state index in [1.165, 1.54) is 12.1 Å². The zero-order valence-corrected chi connectivity index (χ0v) is 12.4. The molecule has 0 aromatic heterocycles. The quantitative estimate of drug-likeness (QED) is 0.691. The van der Waals surface area contributed by atoms with E-state index in [-0.39, 0.29) is 5.69 Å². The third-order valence-electron chi connectivity index (χ3n) is 2.38. The molecular formula is C12H12BrFN2O5. The number of aliphatic carboxylic acids is 1. The molecule has 0 bridgehead atoms. The SMILES string of the molecule is COC(=O)C[C@H](NC(=O)Nc1cc(F)ccc1Br)C(=O)O. The first kappa shape index (κ1) is 16.9. The maximum atomic E-state index is 13.1. The fraction of sp³-hybridized carbons (Fsp3) is 0.250. The molecule has 0 aliphatic heterocycles. The first-order valence-corrected chi connectivity index (χ1v) is 6.45. The molecule has 21 heavy (non-hydrogen) atoms. The largest absolute Gasteiger partial charge is 0.480 e. The maximum absolute atomic E-state index is 13.1. The standard InChI is InChI=1S/C12H12BrFN2O5/c1-21-10(17)5-9(11(18)19)16-12(20)15-8-4-6(14)2-3-7(8)13/h2-4,9H,5H2,1H3,(H,18,19)(H2,15,16,20)/t9-/m0/s1. The number of carboxylic acid groups (broad SMARTS) is 1. The Kier molecular flexibility index (Phi) is 6.10. The second-order valence-corrected chi connectivity index (χ2v) is 4.75. The Hall–Kier alpha value is -2.16. The van der Waals surface area contributed by atoms with Gasteiger partial charge < -0.3 is 20.5 Å². The summed E-state index contributed by atoms with van der Waals surface area (Å²) in [6.45, 7) is 0. The van der Waals surface area contributed by atoms with Gasteiger partial charge in [0.2, 0.25) is 0 Å². The number of esters is 1. The number of anilines is 1. The van der Waals surface area contributed by atoms with Crippen molar-refractivity contribution in [1.29, 1.82) is 0 Å². The molecule has 0 fully saturated rings. The summed E-state index contributed by atoms with van der Waals surface area (Å²) in [5.41, 5.74) is 0.120. The minimum absolute atomic E-state index is 0.120. The van der Waals surface area contributed by atoms with Gasteiger partial charge >= 0.3 is 18.0 Å². The summed E-state index contributed by atoms with van der Waals surface area (Å²) >= 11 is 3.11. The van der Waals surface area contributed by atoms with Gasteiger partial charge in [0.25, 0.3) is 0 Å². The number of carboxylic acids is 1. The average Bonchev–Trinajstić information content (AvgIpc) is 2.41. The van der Waals surface area contributed by atoms with Crippen molar-refractivity contribution in [2.75, 3.05) is 12.4 Å². The van der Waals surface area contributed by atoms with E-state index in [2.05, 4.69) is 31.3 Å². The van der Waals surface area contributed by atoms with E-state index in [0.717, 1.165) is 13.2 Å². The highest BCUT2D eigenvalue weighted by Crippen LogP contribution is 2.22. The number of nitrogens with one attached hydrogen (secondary N) is 2. The highest BCUT2D eigenvalue weighted by Gasteiger charge is 2.24. The van der Waals surface area contributed by atoms with Gasteiger partial charge in [0.15, 0.2) is 0 Å². The number of hydrogen-bond acceptors (Lipinski definition) is 4. The molecule has 1 rings (SSSR count). The molecule has 0 heterocycles. The van der Waals surface area contributed by atoms with Gasteiger partial charge in [-0.1, -0.05) is 0 Å². The smallest absolute Gasteiger partial charge is 0.326 e. The van der Waals surface area contributed by atoms with E-state index in [1.54, 1.807) is 0 Å². The highest BCUT2D eigenvalue weighted by molar-refractivity contribution is 9.10. The summed E-state index contributed by atoms with van der Waals surface area (Å²) < 4.78 is 17.8. The molecule has 0 spiro atoms. The van der Waals surface area contributed by atoms with Crippen molar-refractivity contribution >= 4 is 39.6 Å². The fourth-order valence-corrected chi connectivity index (χ4v) is 1.71. The Bertz CT molecular complexity index is 567. The topological polar surface area (TPSA) is 105 Å². The Morgan fingerprint density at radius 1 is 1.43 bits per heavy atom. The van der Waals surface area contributed by atoms with Crippen LogP contribution in [-0.2, 0) is 14.3 Å². The molecule has 7 nitrogen and oxygen atoms in total. The number of halogens is 2. The molecule has 1 atom stereocenters. The molecule has 3 N–H and O–H groups in total. The molecule has 0 saturated heterocycles. The lowest BCUT2D eigenvalue weighted by atomic mass is 10.2. The molecule has 2 amide bonds. The minimum Gasteiger partial charge on any atom is -0.480 e. The molecule has 0 saturated carbocycles. The predicted molar refractivity (Wildman–Crippen MR) is 74.3 cm³/mol. The lowest BCUT2D eigenvalue weighted by molar-refractivity contribution is -0.147. The Morgan fingerprint density at radius 2 is 2.10 bits per heavy atom. The van der Waals surface area contributed by atoms with Crippen LogP contribution in [0, 0.1) is 5.82 Å². The molecule has 1 aromatic rings. The van der Waals surface area contributed by atoms with E-state index in [0.29, 0.717) is 4.47 Å². The van der Waals surface area contributed by atoms with Crippen molar-refractivity contribution in [3.05, 3.63) is 28.5 Å².